The Morgan fingerprint density at radius 1 is 1.41 bits per heavy atom. The first kappa shape index (κ1) is 19.3. The molecule has 1 fully saturated rings. The number of aliphatic imine (C=N–C) groups is 1. The Labute approximate surface area is 151 Å². The van der Waals surface area contributed by atoms with Gasteiger partial charge in [-0.3, -0.25) is 9.67 Å². The van der Waals surface area contributed by atoms with Crippen LogP contribution in [0.15, 0.2) is 4.99 Å². The van der Waals surface area contributed by atoms with E-state index in [0.29, 0.717) is 6.04 Å². The predicted molar refractivity (Wildman–Crippen MR) is 103 cm³/mol. The number of hydrogen-bond acceptors (Lipinski definition) is 2. The van der Waals surface area contributed by atoms with Gasteiger partial charge < -0.3 is 10.6 Å². The molecule has 2 N–H and O–H groups in total. The van der Waals surface area contributed by atoms with Gasteiger partial charge in [-0.1, -0.05) is 12.8 Å². The van der Waals surface area contributed by atoms with Gasteiger partial charge >= 0.3 is 0 Å². The minimum atomic E-state index is 0. The smallest absolute Gasteiger partial charge is 0.191 e. The van der Waals surface area contributed by atoms with Crippen LogP contribution in [0.2, 0.25) is 0 Å². The standard InChI is InChI=1S/C16H29N5.HI/c1-11(10-15-12(2)20-21(5)13(15)3)19-16(17-4)18-9-8-14-6-7-14;/h11,14H,6-10H2,1-5H3,(H2,17,18,19);1H. The summed E-state index contributed by atoms with van der Waals surface area (Å²) in [5, 5.41) is 11.4. The van der Waals surface area contributed by atoms with Crippen molar-refractivity contribution in [3.63, 3.8) is 0 Å². The second-order valence-electron chi connectivity index (χ2n) is 6.25. The number of aromatic nitrogens is 2. The van der Waals surface area contributed by atoms with Crippen molar-refractivity contribution in [2.45, 2.75) is 52.5 Å². The highest BCUT2D eigenvalue weighted by Gasteiger charge is 2.20. The summed E-state index contributed by atoms with van der Waals surface area (Å²) in [5.74, 6) is 1.86. The molecular weight excluding hydrogens is 389 g/mol. The van der Waals surface area contributed by atoms with Crippen molar-refractivity contribution in [3.05, 3.63) is 17.0 Å². The zero-order chi connectivity index (χ0) is 15.4. The van der Waals surface area contributed by atoms with Gasteiger partial charge in [-0.05, 0) is 45.1 Å². The molecule has 1 saturated carbocycles. The first-order chi connectivity index (χ1) is 10.0. The molecule has 1 aliphatic rings. The molecule has 1 heterocycles. The van der Waals surface area contributed by atoms with Gasteiger partial charge in [-0.2, -0.15) is 5.10 Å². The van der Waals surface area contributed by atoms with Crippen LogP contribution in [-0.4, -0.2) is 35.4 Å². The van der Waals surface area contributed by atoms with Gasteiger partial charge in [-0.15, -0.1) is 24.0 Å². The summed E-state index contributed by atoms with van der Waals surface area (Å²) < 4.78 is 1.96. The van der Waals surface area contributed by atoms with Gasteiger partial charge in [-0.25, -0.2) is 0 Å². The molecule has 0 aromatic carbocycles. The summed E-state index contributed by atoms with van der Waals surface area (Å²) in [6, 6.07) is 0.332. The number of guanidine groups is 1. The monoisotopic (exact) mass is 419 g/mol. The number of nitrogens with zero attached hydrogens (tertiary/aromatic N) is 3. The second-order valence-corrected chi connectivity index (χ2v) is 6.25. The SMILES string of the molecule is CN=C(NCCC1CC1)NC(C)Cc1c(C)nn(C)c1C.I. The summed E-state index contributed by atoms with van der Waals surface area (Å²) in [7, 11) is 3.84. The average molecular weight is 419 g/mol. The largest absolute Gasteiger partial charge is 0.356 e. The van der Waals surface area contributed by atoms with Crippen molar-refractivity contribution < 1.29 is 0 Å². The van der Waals surface area contributed by atoms with E-state index in [4.69, 9.17) is 0 Å². The van der Waals surface area contributed by atoms with E-state index < -0.39 is 0 Å². The van der Waals surface area contributed by atoms with E-state index in [1.807, 2.05) is 18.8 Å². The van der Waals surface area contributed by atoms with E-state index in [-0.39, 0.29) is 24.0 Å². The van der Waals surface area contributed by atoms with Crippen LogP contribution in [0.5, 0.6) is 0 Å². The summed E-state index contributed by atoms with van der Waals surface area (Å²) in [5.41, 5.74) is 3.71. The van der Waals surface area contributed by atoms with Crippen LogP contribution >= 0.6 is 24.0 Å². The predicted octanol–water partition coefficient (Wildman–Crippen LogP) is 2.55. The maximum atomic E-state index is 4.48. The molecule has 1 aliphatic carbocycles. The highest BCUT2D eigenvalue weighted by atomic mass is 127. The lowest BCUT2D eigenvalue weighted by molar-refractivity contribution is 0.623. The fraction of sp³-hybridized carbons (Fsp3) is 0.750. The van der Waals surface area contributed by atoms with Crippen molar-refractivity contribution in [2.75, 3.05) is 13.6 Å². The van der Waals surface area contributed by atoms with Crippen molar-refractivity contribution in [3.8, 4) is 0 Å². The highest BCUT2D eigenvalue weighted by Crippen LogP contribution is 2.31. The molecule has 0 spiro atoms. The first-order valence-corrected chi connectivity index (χ1v) is 7.97. The lowest BCUT2D eigenvalue weighted by Gasteiger charge is -2.18. The van der Waals surface area contributed by atoms with E-state index in [9.17, 15) is 0 Å². The third-order valence-corrected chi connectivity index (χ3v) is 4.32. The molecule has 0 bridgehead atoms. The van der Waals surface area contributed by atoms with Crippen LogP contribution in [0.3, 0.4) is 0 Å². The molecule has 22 heavy (non-hydrogen) atoms. The van der Waals surface area contributed by atoms with Gasteiger partial charge in [0.15, 0.2) is 5.96 Å². The van der Waals surface area contributed by atoms with Crippen molar-refractivity contribution in [2.24, 2.45) is 18.0 Å². The molecule has 1 atom stereocenters. The maximum absolute atomic E-state index is 4.48. The van der Waals surface area contributed by atoms with Crippen LogP contribution in [-0.2, 0) is 13.5 Å². The van der Waals surface area contributed by atoms with Gasteiger partial charge in [0.2, 0.25) is 0 Å². The normalized spacial score (nSPS) is 16.1. The van der Waals surface area contributed by atoms with Gasteiger partial charge in [0.05, 0.1) is 5.69 Å². The molecule has 5 nitrogen and oxygen atoms in total. The summed E-state index contributed by atoms with van der Waals surface area (Å²) in [6.07, 6.45) is 5.04. The lowest BCUT2D eigenvalue weighted by atomic mass is 10.1. The van der Waals surface area contributed by atoms with Crippen LogP contribution < -0.4 is 10.6 Å². The second kappa shape index (κ2) is 8.74. The van der Waals surface area contributed by atoms with E-state index in [0.717, 1.165) is 30.5 Å². The van der Waals surface area contributed by atoms with Crippen molar-refractivity contribution in [1.82, 2.24) is 20.4 Å². The third kappa shape index (κ3) is 5.44. The first-order valence-electron chi connectivity index (χ1n) is 7.97. The quantitative estimate of drug-likeness (QED) is 0.424. The maximum Gasteiger partial charge on any atom is 0.191 e. The Bertz CT molecular complexity index is 505. The minimum Gasteiger partial charge on any atom is -0.356 e. The van der Waals surface area contributed by atoms with Crippen LogP contribution in [0.25, 0.3) is 0 Å². The Kier molecular flexibility index (Phi) is 7.65. The van der Waals surface area contributed by atoms with Gasteiger partial charge in [0.25, 0.3) is 0 Å². The van der Waals surface area contributed by atoms with Gasteiger partial charge in [0, 0.05) is 32.4 Å². The molecule has 0 amide bonds. The summed E-state index contributed by atoms with van der Waals surface area (Å²) in [4.78, 5) is 4.31. The molecule has 1 unspecified atom stereocenters. The highest BCUT2D eigenvalue weighted by molar-refractivity contribution is 14.0. The Morgan fingerprint density at radius 3 is 2.59 bits per heavy atom. The fourth-order valence-electron chi connectivity index (χ4n) is 2.70. The molecule has 0 radical (unpaired) electrons. The molecule has 126 valence electrons. The molecule has 1 aromatic heterocycles. The van der Waals surface area contributed by atoms with Crippen molar-refractivity contribution >= 4 is 29.9 Å². The van der Waals surface area contributed by atoms with E-state index in [1.54, 1.807) is 0 Å². The molecule has 1 aromatic rings. The van der Waals surface area contributed by atoms with Crippen molar-refractivity contribution in [1.29, 1.82) is 0 Å². The topological polar surface area (TPSA) is 54.2 Å². The number of hydrogen-bond donors (Lipinski definition) is 2. The third-order valence-electron chi connectivity index (χ3n) is 4.32. The van der Waals surface area contributed by atoms with Crippen LogP contribution in [0.1, 0.15) is 43.1 Å². The number of halogens is 1. The minimum absolute atomic E-state index is 0. The number of nitrogens with one attached hydrogen (secondary N) is 2. The lowest BCUT2D eigenvalue weighted by Crippen LogP contribution is -2.43. The molecule has 0 saturated heterocycles. The molecule has 6 heteroatoms. The van der Waals surface area contributed by atoms with E-state index in [1.165, 1.54) is 30.5 Å². The molecule has 0 aliphatic heterocycles. The zero-order valence-electron chi connectivity index (χ0n) is 14.4. The van der Waals surface area contributed by atoms with E-state index in [2.05, 4.69) is 41.5 Å². The van der Waals surface area contributed by atoms with Crippen LogP contribution in [0.4, 0.5) is 0 Å². The Balaban J connectivity index is 0.00000242. The zero-order valence-corrected chi connectivity index (χ0v) is 16.8. The summed E-state index contributed by atoms with van der Waals surface area (Å²) >= 11 is 0. The van der Waals surface area contributed by atoms with Crippen LogP contribution in [0, 0.1) is 19.8 Å². The fourth-order valence-corrected chi connectivity index (χ4v) is 2.70. The van der Waals surface area contributed by atoms with E-state index >= 15 is 0 Å². The number of aryl methyl sites for hydroxylation is 2. The number of rotatable bonds is 6. The Hall–Kier alpha value is -0.790. The Morgan fingerprint density at radius 2 is 2.09 bits per heavy atom. The summed E-state index contributed by atoms with van der Waals surface area (Å²) in [6.45, 7) is 7.42. The van der Waals surface area contributed by atoms with Gasteiger partial charge in [0.1, 0.15) is 0 Å². The molecular formula is C16H30IN5. The molecule has 2 rings (SSSR count). The average Bonchev–Trinajstić information content (AvgIpc) is 3.22.